The van der Waals surface area contributed by atoms with E-state index >= 15 is 0 Å². The Hall–Kier alpha value is -0.490. The molecule has 1 aromatic carbocycles. The SMILES string of the molecule is CC1(C(NN)c2cccc(Br)c2F)CCCO1. The van der Waals surface area contributed by atoms with Crippen molar-refractivity contribution in [3.05, 3.63) is 34.1 Å². The lowest BCUT2D eigenvalue weighted by Crippen LogP contribution is -2.44. The summed E-state index contributed by atoms with van der Waals surface area (Å²) in [6.07, 6.45) is 1.85. The van der Waals surface area contributed by atoms with E-state index < -0.39 is 5.60 Å². The van der Waals surface area contributed by atoms with Gasteiger partial charge in [-0.3, -0.25) is 5.84 Å². The maximum Gasteiger partial charge on any atom is 0.142 e. The highest BCUT2D eigenvalue weighted by atomic mass is 79.9. The van der Waals surface area contributed by atoms with E-state index in [1.807, 2.05) is 6.92 Å². The van der Waals surface area contributed by atoms with E-state index in [4.69, 9.17) is 10.6 Å². The fraction of sp³-hybridized carbons (Fsp3) is 0.500. The number of hydrogen-bond acceptors (Lipinski definition) is 3. The monoisotopic (exact) mass is 302 g/mol. The average molecular weight is 303 g/mol. The quantitative estimate of drug-likeness (QED) is 0.666. The molecule has 1 aromatic rings. The molecule has 2 atom stereocenters. The van der Waals surface area contributed by atoms with Gasteiger partial charge in [0.15, 0.2) is 0 Å². The molecule has 0 spiro atoms. The Morgan fingerprint density at radius 2 is 2.35 bits per heavy atom. The van der Waals surface area contributed by atoms with E-state index in [1.54, 1.807) is 18.2 Å². The summed E-state index contributed by atoms with van der Waals surface area (Å²) in [7, 11) is 0. The number of nitrogens with two attached hydrogens (primary N) is 1. The lowest BCUT2D eigenvalue weighted by Gasteiger charge is -2.33. The van der Waals surface area contributed by atoms with Gasteiger partial charge in [0.1, 0.15) is 5.82 Å². The van der Waals surface area contributed by atoms with Gasteiger partial charge in [-0.05, 0) is 41.8 Å². The van der Waals surface area contributed by atoms with Crippen molar-refractivity contribution in [2.45, 2.75) is 31.4 Å². The number of nitrogens with one attached hydrogen (secondary N) is 1. The summed E-state index contributed by atoms with van der Waals surface area (Å²) in [5, 5.41) is 0. The first-order valence-corrected chi connectivity index (χ1v) is 6.42. The standard InChI is InChI=1S/C12H16BrFN2O/c1-12(6-3-7-17-12)11(16-15)8-4-2-5-9(13)10(8)14/h2,4-5,11,16H,3,6-7,15H2,1H3. The highest BCUT2D eigenvalue weighted by Crippen LogP contribution is 2.38. The highest BCUT2D eigenvalue weighted by molar-refractivity contribution is 9.10. The molecule has 1 aliphatic rings. The molecule has 0 amide bonds. The van der Waals surface area contributed by atoms with Crippen LogP contribution in [0, 0.1) is 5.82 Å². The van der Waals surface area contributed by atoms with Crippen molar-refractivity contribution in [1.29, 1.82) is 0 Å². The average Bonchev–Trinajstić information content (AvgIpc) is 2.73. The molecule has 0 saturated carbocycles. The van der Waals surface area contributed by atoms with Crippen LogP contribution in [0.25, 0.3) is 0 Å². The van der Waals surface area contributed by atoms with E-state index in [0.717, 1.165) is 12.8 Å². The zero-order valence-electron chi connectivity index (χ0n) is 9.67. The minimum Gasteiger partial charge on any atom is -0.373 e. The van der Waals surface area contributed by atoms with Crippen molar-refractivity contribution in [2.75, 3.05) is 6.61 Å². The van der Waals surface area contributed by atoms with Crippen LogP contribution < -0.4 is 11.3 Å². The molecule has 1 aliphatic heterocycles. The third-order valence-corrected chi connectivity index (χ3v) is 3.93. The van der Waals surface area contributed by atoms with Crippen LogP contribution >= 0.6 is 15.9 Å². The molecule has 1 saturated heterocycles. The van der Waals surface area contributed by atoms with Gasteiger partial charge in [0, 0.05) is 12.2 Å². The second-order valence-corrected chi connectivity index (χ2v) is 5.36. The Morgan fingerprint density at radius 1 is 1.59 bits per heavy atom. The van der Waals surface area contributed by atoms with Gasteiger partial charge >= 0.3 is 0 Å². The Morgan fingerprint density at radius 3 is 2.94 bits per heavy atom. The minimum absolute atomic E-state index is 0.285. The van der Waals surface area contributed by atoms with Gasteiger partial charge in [0.2, 0.25) is 0 Å². The summed E-state index contributed by atoms with van der Waals surface area (Å²) in [6, 6.07) is 4.86. The Balaban J connectivity index is 2.38. The third-order valence-electron chi connectivity index (χ3n) is 3.32. The molecular formula is C12H16BrFN2O. The third kappa shape index (κ3) is 2.38. The minimum atomic E-state index is -0.448. The Labute approximate surface area is 109 Å². The Kier molecular flexibility index (Phi) is 3.82. The van der Waals surface area contributed by atoms with Crippen molar-refractivity contribution in [3.63, 3.8) is 0 Å². The molecule has 2 rings (SSSR count). The fourth-order valence-electron chi connectivity index (χ4n) is 2.37. The first-order chi connectivity index (χ1) is 8.08. The molecule has 1 fully saturated rings. The lowest BCUT2D eigenvalue weighted by molar-refractivity contribution is -0.0135. The van der Waals surface area contributed by atoms with Gasteiger partial charge in [-0.15, -0.1) is 0 Å². The van der Waals surface area contributed by atoms with E-state index in [0.29, 0.717) is 16.6 Å². The predicted octanol–water partition coefficient (Wildman–Crippen LogP) is 2.66. The van der Waals surface area contributed by atoms with E-state index in [2.05, 4.69) is 21.4 Å². The van der Waals surface area contributed by atoms with Crippen LogP contribution in [0.2, 0.25) is 0 Å². The molecule has 1 heterocycles. The van der Waals surface area contributed by atoms with Crippen LogP contribution in [-0.4, -0.2) is 12.2 Å². The normalized spacial score (nSPS) is 26.1. The van der Waals surface area contributed by atoms with Gasteiger partial charge in [-0.2, -0.15) is 0 Å². The zero-order chi connectivity index (χ0) is 12.5. The summed E-state index contributed by atoms with van der Waals surface area (Å²) in [5.74, 6) is 5.29. The molecule has 94 valence electrons. The summed E-state index contributed by atoms with van der Waals surface area (Å²) in [5.41, 5.74) is 2.77. The smallest absolute Gasteiger partial charge is 0.142 e. The maximum absolute atomic E-state index is 14.1. The molecule has 2 unspecified atom stereocenters. The molecule has 3 nitrogen and oxygen atoms in total. The predicted molar refractivity (Wildman–Crippen MR) is 67.8 cm³/mol. The maximum atomic E-state index is 14.1. The summed E-state index contributed by atoms with van der Waals surface area (Å²) in [4.78, 5) is 0. The van der Waals surface area contributed by atoms with Crippen LogP contribution in [0.5, 0.6) is 0 Å². The first kappa shape index (κ1) is 13.0. The number of halogens is 2. The number of hydrogen-bond donors (Lipinski definition) is 2. The molecule has 0 aliphatic carbocycles. The second-order valence-electron chi connectivity index (χ2n) is 4.51. The second kappa shape index (κ2) is 5.02. The van der Waals surface area contributed by atoms with E-state index in [9.17, 15) is 4.39 Å². The number of hydrazine groups is 1. The van der Waals surface area contributed by atoms with Gasteiger partial charge in [-0.1, -0.05) is 12.1 Å². The van der Waals surface area contributed by atoms with Crippen molar-refractivity contribution in [3.8, 4) is 0 Å². The van der Waals surface area contributed by atoms with Crippen molar-refractivity contribution in [1.82, 2.24) is 5.43 Å². The van der Waals surface area contributed by atoms with Gasteiger partial charge < -0.3 is 4.74 Å². The molecular weight excluding hydrogens is 287 g/mol. The van der Waals surface area contributed by atoms with Gasteiger partial charge in [-0.25, -0.2) is 9.82 Å². The van der Waals surface area contributed by atoms with Crippen LogP contribution in [-0.2, 0) is 4.74 Å². The van der Waals surface area contributed by atoms with Crippen LogP contribution in [0.4, 0.5) is 4.39 Å². The number of benzene rings is 1. The summed E-state index contributed by atoms with van der Waals surface area (Å²) < 4.78 is 20.2. The fourth-order valence-corrected chi connectivity index (χ4v) is 2.75. The number of rotatable bonds is 3. The lowest BCUT2D eigenvalue weighted by atomic mass is 9.88. The van der Waals surface area contributed by atoms with Crippen LogP contribution in [0.3, 0.4) is 0 Å². The summed E-state index contributed by atoms with van der Waals surface area (Å²) in [6.45, 7) is 2.66. The van der Waals surface area contributed by atoms with Crippen LogP contribution in [0.1, 0.15) is 31.4 Å². The topological polar surface area (TPSA) is 47.3 Å². The molecule has 0 bridgehead atoms. The Bertz CT molecular complexity index is 407. The van der Waals surface area contributed by atoms with E-state index in [-0.39, 0.29) is 11.9 Å². The molecule has 5 heteroatoms. The molecule has 17 heavy (non-hydrogen) atoms. The van der Waals surface area contributed by atoms with E-state index in [1.165, 1.54) is 0 Å². The van der Waals surface area contributed by atoms with Gasteiger partial charge in [0.05, 0.1) is 16.1 Å². The molecule has 0 aromatic heterocycles. The van der Waals surface area contributed by atoms with Crippen molar-refractivity contribution >= 4 is 15.9 Å². The van der Waals surface area contributed by atoms with Gasteiger partial charge in [0.25, 0.3) is 0 Å². The number of ether oxygens (including phenoxy) is 1. The van der Waals surface area contributed by atoms with Crippen LogP contribution in [0.15, 0.2) is 22.7 Å². The zero-order valence-corrected chi connectivity index (χ0v) is 11.3. The first-order valence-electron chi connectivity index (χ1n) is 5.62. The summed E-state index contributed by atoms with van der Waals surface area (Å²) >= 11 is 3.19. The largest absolute Gasteiger partial charge is 0.373 e. The highest BCUT2D eigenvalue weighted by Gasteiger charge is 2.40. The van der Waals surface area contributed by atoms with Crippen molar-refractivity contribution < 1.29 is 9.13 Å². The molecule has 0 radical (unpaired) electrons. The van der Waals surface area contributed by atoms with Crippen molar-refractivity contribution in [2.24, 2.45) is 5.84 Å². The molecule has 3 N–H and O–H groups in total.